The van der Waals surface area contributed by atoms with Crippen molar-refractivity contribution in [3.05, 3.63) is 35.0 Å². The van der Waals surface area contributed by atoms with Crippen LogP contribution < -0.4 is 11.1 Å². The summed E-state index contributed by atoms with van der Waals surface area (Å²) in [5.74, 6) is -0.0902. The highest BCUT2D eigenvalue weighted by atomic mass is 19.4. The largest absolute Gasteiger partial charge is 0.507 e. The average Bonchev–Trinajstić information content (AvgIpc) is 2.67. The molecule has 9 heteroatoms. The number of nitrogens with zero attached hydrogens (tertiary/aromatic N) is 3. The van der Waals surface area contributed by atoms with E-state index in [9.17, 15) is 23.5 Å². The number of nitrogen functional groups attached to an aromatic ring is 1. The Kier molecular flexibility index (Phi) is 5.94. The molecule has 6 nitrogen and oxygen atoms in total. The number of hydrogen-bond acceptors (Lipinski definition) is 6. The fourth-order valence-electron chi connectivity index (χ4n) is 3.85. The third-order valence-electron chi connectivity index (χ3n) is 5.37. The topological polar surface area (TPSA) is 108 Å². The summed E-state index contributed by atoms with van der Waals surface area (Å²) in [4.78, 5) is 8.40. The minimum Gasteiger partial charge on any atom is -0.507 e. The van der Waals surface area contributed by atoms with Crippen molar-refractivity contribution in [1.29, 1.82) is 5.26 Å². The van der Waals surface area contributed by atoms with Gasteiger partial charge >= 0.3 is 6.18 Å². The molecule has 0 unspecified atom stereocenters. The van der Waals surface area contributed by atoms with Crippen molar-refractivity contribution in [2.75, 3.05) is 19.3 Å². The van der Waals surface area contributed by atoms with Gasteiger partial charge in [-0.05, 0) is 63.4 Å². The predicted molar refractivity (Wildman–Crippen MR) is 102 cm³/mol. The van der Waals surface area contributed by atoms with Crippen LogP contribution in [-0.4, -0.2) is 28.7 Å². The van der Waals surface area contributed by atoms with Gasteiger partial charge in [-0.2, -0.15) is 18.4 Å². The Balaban J connectivity index is 2.02. The first-order valence-corrected chi connectivity index (χ1v) is 9.37. The van der Waals surface area contributed by atoms with Gasteiger partial charge in [-0.3, -0.25) is 0 Å². The number of anilines is 1. The molecule has 1 fully saturated rings. The quantitative estimate of drug-likeness (QED) is 0.714. The van der Waals surface area contributed by atoms with Gasteiger partial charge in [0.1, 0.15) is 23.2 Å². The van der Waals surface area contributed by atoms with Gasteiger partial charge in [0.05, 0.1) is 16.8 Å². The smallest absolute Gasteiger partial charge is 0.416 e. The zero-order valence-corrected chi connectivity index (χ0v) is 15.9. The first-order chi connectivity index (χ1) is 13.7. The van der Waals surface area contributed by atoms with E-state index < -0.39 is 11.7 Å². The minimum atomic E-state index is -4.57. The fraction of sp³-hybridized carbons (Fsp3) is 0.450. The van der Waals surface area contributed by atoms with Crippen molar-refractivity contribution in [3.8, 4) is 23.2 Å². The number of aromatic hydroxyl groups is 1. The summed E-state index contributed by atoms with van der Waals surface area (Å²) >= 11 is 0. The molecule has 1 aliphatic rings. The highest BCUT2D eigenvalue weighted by Crippen LogP contribution is 2.40. The van der Waals surface area contributed by atoms with E-state index in [0.29, 0.717) is 11.6 Å². The molecule has 1 aromatic heterocycles. The van der Waals surface area contributed by atoms with E-state index in [2.05, 4.69) is 15.3 Å². The van der Waals surface area contributed by atoms with Crippen molar-refractivity contribution >= 4 is 5.82 Å². The van der Waals surface area contributed by atoms with Crippen LogP contribution in [0.1, 0.15) is 48.4 Å². The van der Waals surface area contributed by atoms with E-state index in [1.165, 1.54) is 0 Å². The van der Waals surface area contributed by atoms with Gasteiger partial charge in [0, 0.05) is 5.92 Å². The molecule has 154 valence electrons. The van der Waals surface area contributed by atoms with Gasteiger partial charge in [-0.15, -0.1) is 0 Å². The summed E-state index contributed by atoms with van der Waals surface area (Å²) in [5.41, 5.74) is 5.44. The maximum atomic E-state index is 13.1. The van der Waals surface area contributed by atoms with Crippen molar-refractivity contribution < 1.29 is 18.3 Å². The van der Waals surface area contributed by atoms with E-state index in [0.717, 1.165) is 50.4 Å². The number of benzene rings is 1. The van der Waals surface area contributed by atoms with Gasteiger partial charge in [-0.25, -0.2) is 9.97 Å². The first-order valence-electron chi connectivity index (χ1n) is 9.37. The maximum Gasteiger partial charge on any atom is 0.416 e. The number of nitrogens with one attached hydrogen (secondary N) is 1. The Labute approximate surface area is 166 Å². The Morgan fingerprint density at radius 2 is 1.93 bits per heavy atom. The van der Waals surface area contributed by atoms with Crippen LogP contribution in [0.4, 0.5) is 19.0 Å². The monoisotopic (exact) mass is 405 g/mol. The molecular formula is C20H22F3N5O. The van der Waals surface area contributed by atoms with Crippen LogP contribution in [0, 0.1) is 17.2 Å². The summed E-state index contributed by atoms with van der Waals surface area (Å²) in [5, 5.41) is 22.8. The van der Waals surface area contributed by atoms with Gasteiger partial charge in [0.25, 0.3) is 0 Å². The van der Waals surface area contributed by atoms with E-state index >= 15 is 0 Å². The molecule has 1 aliphatic carbocycles. The second-order valence-corrected chi connectivity index (χ2v) is 7.31. The van der Waals surface area contributed by atoms with Crippen LogP contribution >= 0.6 is 0 Å². The molecule has 0 spiro atoms. The molecule has 2 aromatic rings. The molecule has 1 aromatic carbocycles. The maximum absolute atomic E-state index is 13.1. The Morgan fingerprint density at radius 1 is 1.24 bits per heavy atom. The summed E-state index contributed by atoms with van der Waals surface area (Å²) in [6.07, 6.45) is -1.08. The number of phenolic OH excluding ortho intramolecular Hbond substituents is 1. The molecule has 29 heavy (non-hydrogen) atoms. The van der Waals surface area contributed by atoms with Crippen molar-refractivity contribution in [2.45, 2.75) is 37.8 Å². The molecule has 0 radical (unpaired) electrons. The standard InChI is InChI=1S/C20H22F3N5O/c1-26-10-11-2-4-12(5-3-11)17-15(9-24)18(25)28-19(27-17)14-8-13(20(21,22)23)6-7-16(14)29/h6-8,11-12,26,29H,2-5,10H2,1H3,(H2,25,27,28). The zero-order valence-electron chi connectivity index (χ0n) is 15.9. The SMILES string of the molecule is CNCC1CCC(c2nc(-c3cc(C(F)(F)F)ccc3O)nc(N)c2C#N)CC1. The lowest BCUT2D eigenvalue weighted by Gasteiger charge is -2.28. The summed E-state index contributed by atoms with van der Waals surface area (Å²) in [6, 6.07) is 4.56. The van der Waals surface area contributed by atoms with Crippen LogP contribution in [0.2, 0.25) is 0 Å². The predicted octanol–water partition coefficient (Wildman–Crippen LogP) is 3.82. The van der Waals surface area contributed by atoms with Crippen molar-refractivity contribution in [1.82, 2.24) is 15.3 Å². The van der Waals surface area contributed by atoms with Crippen LogP contribution in [0.3, 0.4) is 0 Å². The van der Waals surface area contributed by atoms with Crippen molar-refractivity contribution in [3.63, 3.8) is 0 Å². The van der Waals surface area contributed by atoms with Crippen LogP contribution in [-0.2, 0) is 6.18 Å². The van der Waals surface area contributed by atoms with Gasteiger partial charge in [0.15, 0.2) is 5.82 Å². The van der Waals surface area contributed by atoms with Gasteiger partial charge < -0.3 is 16.2 Å². The fourth-order valence-corrected chi connectivity index (χ4v) is 3.85. The highest BCUT2D eigenvalue weighted by Gasteiger charge is 2.32. The number of alkyl halides is 3. The van der Waals surface area contributed by atoms with Crippen molar-refractivity contribution in [2.24, 2.45) is 5.92 Å². The Bertz CT molecular complexity index is 931. The lowest BCUT2D eigenvalue weighted by atomic mass is 9.79. The summed E-state index contributed by atoms with van der Waals surface area (Å²) in [7, 11) is 1.90. The van der Waals surface area contributed by atoms with Crippen LogP contribution in [0.5, 0.6) is 5.75 Å². The number of rotatable bonds is 4. The number of nitrogens with two attached hydrogens (primary N) is 1. The molecule has 0 amide bonds. The van der Waals surface area contributed by atoms with Gasteiger partial charge in [0.2, 0.25) is 0 Å². The number of phenols is 1. The molecule has 0 atom stereocenters. The van der Waals surface area contributed by atoms with Crippen LogP contribution in [0.25, 0.3) is 11.4 Å². The first kappa shape index (κ1) is 20.9. The molecule has 0 saturated heterocycles. The molecule has 3 rings (SSSR count). The van der Waals surface area contributed by atoms with E-state index in [-0.39, 0.29) is 34.4 Å². The molecule has 1 saturated carbocycles. The number of aromatic nitrogens is 2. The third-order valence-corrected chi connectivity index (χ3v) is 5.37. The highest BCUT2D eigenvalue weighted by molar-refractivity contribution is 5.68. The zero-order chi connectivity index (χ0) is 21.2. The second kappa shape index (κ2) is 8.25. The van der Waals surface area contributed by atoms with Gasteiger partial charge in [-0.1, -0.05) is 0 Å². The minimum absolute atomic E-state index is 0.0326. The molecular weight excluding hydrogens is 383 g/mol. The average molecular weight is 405 g/mol. The molecule has 4 N–H and O–H groups in total. The lowest BCUT2D eigenvalue weighted by Crippen LogP contribution is -2.24. The number of hydrogen-bond donors (Lipinski definition) is 3. The summed E-state index contributed by atoms with van der Waals surface area (Å²) < 4.78 is 39.3. The molecule has 0 bridgehead atoms. The number of nitriles is 1. The van der Waals surface area contributed by atoms with E-state index in [1.54, 1.807) is 0 Å². The molecule has 1 heterocycles. The Hall–Kier alpha value is -2.86. The van der Waals surface area contributed by atoms with Crippen LogP contribution in [0.15, 0.2) is 18.2 Å². The summed E-state index contributed by atoms with van der Waals surface area (Å²) in [6.45, 7) is 0.910. The Morgan fingerprint density at radius 3 is 2.52 bits per heavy atom. The number of halogens is 3. The third kappa shape index (κ3) is 4.43. The second-order valence-electron chi connectivity index (χ2n) is 7.31. The lowest BCUT2D eigenvalue weighted by molar-refractivity contribution is -0.137. The normalized spacial score (nSPS) is 19.7. The van der Waals surface area contributed by atoms with E-state index in [4.69, 9.17) is 5.73 Å². The molecule has 0 aliphatic heterocycles. The van der Waals surface area contributed by atoms with E-state index in [1.807, 2.05) is 13.1 Å².